The van der Waals surface area contributed by atoms with Crippen molar-refractivity contribution in [3.63, 3.8) is 0 Å². The highest BCUT2D eigenvalue weighted by molar-refractivity contribution is 6.09. The first-order chi connectivity index (χ1) is 14.5. The number of esters is 1. The van der Waals surface area contributed by atoms with Gasteiger partial charge in [-0.25, -0.2) is 4.39 Å². The first-order valence-electron chi connectivity index (χ1n) is 9.32. The lowest BCUT2D eigenvalue weighted by Crippen LogP contribution is -2.09. The second kappa shape index (κ2) is 9.69. The van der Waals surface area contributed by atoms with Crippen LogP contribution in [0.15, 0.2) is 66.7 Å². The van der Waals surface area contributed by atoms with E-state index in [2.05, 4.69) is 0 Å². The number of halogens is 1. The quantitative estimate of drug-likeness (QED) is 0.309. The summed E-state index contributed by atoms with van der Waals surface area (Å²) in [5.41, 5.74) is 1.73. The van der Waals surface area contributed by atoms with Crippen LogP contribution in [-0.2, 0) is 11.2 Å². The average Bonchev–Trinajstić information content (AvgIpc) is 2.78. The number of rotatable bonds is 8. The SMILES string of the molecule is COc1ccc(CCC(=O)Oc2ccc(C(=O)c3ccc(F)cc3)cc2)cc1OC. The number of hydrogen-bond donors (Lipinski definition) is 0. The first-order valence-corrected chi connectivity index (χ1v) is 9.32. The molecular weight excluding hydrogens is 387 g/mol. The molecule has 0 amide bonds. The van der Waals surface area contributed by atoms with Gasteiger partial charge in [0.25, 0.3) is 0 Å². The van der Waals surface area contributed by atoms with Crippen LogP contribution in [0.5, 0.6) is 17.2 Å². The second-order valence-corrected chi connectivity index (χ2v) is 6.52. The maximum atomic E-state index is 13.0. The normalized spacial score (nSPS) is 10.4. The van der Waals surface area contributed by atoms with Crippen molar-refractivity contribution in [1.29, 1.82) is 0 Å². The predicted molar refractivity (Wildman–Crippen MR) is 110 cm³/mol. The highest BCUT2D eigenvalue weighted by Crippen LogP contribution is 2.28. The van der Waals surface area contributed by atoms with Crippen LogP contribution in [0.4, 0.5) is 4.39 Å². The van der Waals surface area contributed by atoms with E-state index in [-0.39, 0.29) is 18.2 Å². The lowest BCUT2D eigenvalue weighted by Gasteiger charge is -2.09. The van der Waals surface area contributed by atoms with Crippen LogP contribution >= 0.6 is 0 Å². The molecule has 0 aliphatic heterocycles. The third kappa shape index (κ3) is 5.23. The van der Waals surface area contributed by atoms with Gasteiger partial charge in [0.1, 0.15) is 11.6 Å². The van der Waals surface area contributed by atoms with E-state index in [9.17, 15) is 14.0 Å². The summed E-state index contributed by atoms with van der Waals surface area (Å²) in [4.78, 5) is 24.6. The lowest BCUT2D eigenvalue weighted by atomic mass is 10.0. The van der Waals surface area contributed by atoms with E-state index in [1.165, 1.54) is 24.3 Å². The minimum atomic E-state index is -0.401. The second-order valence-electron chi connectivity index (χ2n) is 6.52. The fraction of sp³-hybridized carbons (Fsp3) is 0.167. The predicted octanol–water partition coefficient (Wildman–Crippen LogP) is 4.61. The zero-order chi connectivity index (χ0) is 21.5. The first kappa shape index (κ1) is 21.0. The molecule has 0 aliphatic rings. The van der Waals surface area contributed by atoms with Crippen molar-refractivity contribution in [2.24, 2.45) is 0 Å². The molecule has 0 unspecified atom stereocenters. The maximum Gasteiger partial charge on any atom is 0.311 e. The summed E-state index contributed by atoms with van der Waals surface area (Å²) in [5, 5.41) is 0. The minimum Gasteiger partial charge on any atom is -0.493 e. The number of aryl methyl sites for hydroxylation is 1. The Bertz CT molecular complexity index is 1030. The molecule has 5 nitrogen and oxygen atoms in total. The average molecular weight is 408 g/mol. The van der Waals surface area contributed by atoms with Gasteiger partial charge in [0.2, 0.25) is 0 Å². The fourth-order valence-electron chi connectivity index (χ4n) is 2.91. The van der Waals surface area contributed by atoms with E-state index < -0.39 is 5.82 Å². The van der Waals surface area contributed by atoms with E-state index in [0.717, 1.165) is 5.56 Å². The smallest absolute Gasteiger partial charge is 0.311 e. The summed E-state index contributed by atoms with van der Waals surface area (Å²) in [6.45, 7) is 0. The fourth-order valence-corrected chi connectivity index (χ4v) is 2.91. The van der Waals surface area contributed by atoms with Crippen molar-refractivity contribution in [1.82, 2.24) is 0 Å². The molecule has 0 aliphatic carbocycles. The summed E-state index contributed by atoms with van der Waals surface area (Å²) in [6.07, 6.45) is 0.673. The Morgan fingerprint density at radius 3 is 2.00 bits per heavy atom. The highest BCUT2D eigenvalue weighted by atomic mass is 19.1. The summed E-state index contributed by atoms with van der Waals surface area (Å²) in [7, 11) is 3.12. The van der Waals surface area contributed by atoms with Crippen molar-refractivity contribution < 1.29 is 28.2 Å². The van der Waals surface area contributed by atoms with Crippen LogP contribution in [0, 0.1) is 5.82 Å². The number of ether oxygens (including phenoxy) is 3. The number of methoxy groups -OCH3 is 2. The number of ketones is 1. The molecule has 154 valence electrons. The van der Waals surface area contributed by atoms with E-state index in [4.69, 9.17) is 14.2 Å². The van der Waals surface area contributed by atoms with E-state index >= 15 is 0 Å². The number of benzene rings is 3. The summed E-state index contributed by atoms with van der Waals surface area (Å²) in [6, 6.07) is 17.1. The van der Waals surface area contributed by atoms with Gasteiger partial charge in [0.15, 0.2) is 17.3 Å². The van der Waals surface area contributed by atoms with Gasteiger partial charge in [0, 0.05) is 17.5 Å². The van der Waals surface area contributed by atoms with E-state index in [0.29, 0.717) is 34.8 Å². The molecule has 3 rings (SSSR count). The zero-order valence-corrected chi connectivity index (χ0v) is 16.7. The molecule has 6 heteroatoms. The van der Waals surface area contributed by atoms with E-state index in [1.54, 1.807) is 44.6 Å². The molecule has 3 aromatic carbocycles. The van der Waals surface area contributed by atoms with Gasteiger partial charge in [-0.2, -0.15) is 0 Å². The molecule has 0 N–H and O–H groups in total. The molecule has 0 spiro atoms. The van der Waals surface area contributed by atoms with Crippen LogP contribution < -0.4 is 14.2 Å². The number of carbonyl (C=O) groups is 2. The van der Waals surface area contributed by atoms with Gasteiger partial charge in [0.05, 0.1) is 14.2 Å². The summed E-state index contributed by atoms with van der Waals surface area (Å²) < 4.78 is 28.8. The topological polar surface area (TPSA) is 61.8 Å². The number of hydrogen-bond acceptors (Lipinski definition) is 5. The van der Waals surface area contributed by atoms with Crippen molar-refractivity contribution in [3.05, 3.63) is 89.2 Å². The molecule has 0 aromatic heterocycles. The van der Waals surface area contributed by atoms with Gasteiger partial charge in [-0.1, -0.05) is 6.07 Å². The van der Waals surface area contributed by atoms with Crippen molar-refractivity contribution in [2.75, 3.05) is 14.2 Å². The van der Waals surface area contributed by atoms with Crippen molar-refractivity contribution in [2.45, 2.75) is 12.8 Å². The van der Waals surface area contributed by atoms with Gasteiger partial charge >= 0.3 is 5.97 Å². The standard InChI is InChI=1S/C24H21FO5/c1-28-21-13-3-16(15-22(21)29-2)4-14-23(26)30-20-11-7-18(8-12-20)24(27)17-5-9-19(25)10-6-17/h3,5-13,15H,4,14H2,1-2H3. The molecule has 0 atom stereocenters. The Balaban J connectivity index is 1.57. The Hall–Kier alpha value is -3.67. The largest absolute Gasteiger partial charge is 0.493 e. The van der Waals surface area contributed by atoms with Gasteiger partial charge < -0.3 is 14.2 Å². The number of carbonyl (C=O) groups excluding carboxylic acids is 2. The molecule has 3 aromatic rings. The maximum absolute atomic E-state index is 13.0. The highest BCUT2D eigenvalue weighted by Gasteiger charge is 2.11. The van der Waals surface area contributed by atoms with Crippen LogP contribution in [0.2, 0.25) is 0 Å². The summed E-state index contributed by atoms with van der Waals surface area (Å²) >= 11 is 0. The monoisotopic (exact) mass is 408 g/mol. The Kier molecular flexibility index (Phi) is 6.80. The molecule has 0 saturated heterocycles. The summed E-state index contributed by atoms with van der Waals surface area (Å²) in [5.74, 6) is 0.553. The van der Waals surface area contributed by atoms with Gasteiger partial charge in [-0.05, 0) is 72.6 Å². The Labute approximate surface area is 174 Å². The third-order valence-corrected chi connectivity index (χ3v) is 4.52. The molecular formula is C24H21FO5. The zero-order valence-electron chi connectivity index (χ0n) is 16.7. The third-order valence-electron chi connectivity index (χ3n) is 4.52. The molecule has 0 saturated carbocycles. The Morgan fingerprint density at radius 2 is 1.40 bits per heavy atom. The van der Waals surface area contributed by atoms with E-state index in [1.807, 2.05) is 12.1 Å². The molecule has 0 radical (unpaired) electrons. The molecule has 0 fully saturated rings. The Morgan fingerprint density at radius 1 is 0.800 bits per heavy atom. The lowest BCUT2D eigenvalue weighted by molar-refractivity contribution is -0.134. The minimum absolute atomic E-state index is 0.186. The van der Waals surface area contributed by atoms with Crippen LogP contribution in [0.25, 0.3) is 0 Å². The molecule has 30 heavy (non-hydrogen) atoms. The van der Waals surface area contributed by atoms with Crippen LogP contribution in [0.3, 0.4) is 0 Å². The van der Waals surface area contributed by atoms with Crippen molar-refractivity contribution >= 4 is 11.8 Å². The van der Waals surface area contributed by atoms with Crippen molar-refractivity contribution in [3.8, 4) is 17.2 Å². The molecule has 0 bridgehead atoms. The van der Waals surface area contributed by atoms with Crippen LogP contribution in [0.1, 0.15) is 27.9 Å². The van der Waals surface area contributed by atoms with Gasteiger partial charge in [-0.15, -0.1) is 0 Å². The molecule has 0 heterocycles. The van der Waals surface area contributed by atoms with Crippen LogP contribution in [-0.4, -0.2) is 26.0 Å². The van der Waals surface area contributed by atoms with Gasteiger partial charge in [-0.3, -0.25) is 9.59 Å².